The lowest BCUT2D eigenvalue weighted by atomic mass is 10.4. The first-order valence-electron chi connectivity index (χ1n) is 3.89. The maximum Gasteiger partial charge on any atom is 0.119 e. The van der Waals surface area contributed by atoms with E-state index < -0.39 is 12.8 Å². The number of aromatic nitrogens is 2. The fourth-order valence-electron chi connectivity index (χ4n) is 0.690. The minimum absolute atomic E-state index is 0.314. The predicted octanol–water partition coefficient (Wildman–Crippen LogP) is 1.21. The summed E-state index contributed by atoms with van der Waals surface area (Å²) in [6.07, 6.45) is -0.909. The van der Waals surface area contributed by atoms with Gasteiger partial charge in [0.15, 0.2) is 0 Å². The van der Waals surface area contributed by atoms with Crippen LogP contribution in [-0.4, -0.2) is 33.8 Å². The minimum atomic E-state index is -0.909. The van der Waals surface area contributed by atoms with Crippen molar-refractivity contribution in [3.63, 3.8) is 0 Å². The van der Waals surface area contributed by atoms with Crippen LogP contribution in [0.25, 0.3) is 0 Å². The molecule has 1 unspecified atom stereocenters. The van der Waals surface area contributed by atoms with Gasteiger partial charge in [-0.1, -0.05) is 0 Å². The highest BCUT2D eigenvalue weighted by Crippen LogP contribution is 2.14. The number of rotatable bonds is 4. The van der Waals surface area contributed by atoms with Crippen LogP contribution in [-0.2, 0) is 0 Å². The Balaban J connectivity index is 2.41. The molecular formula is C8H11FN2OS. The summed E-state index contributed by atoms with van der Waals surface area (Å²) in [5.41, 5.74) is 0.843. The first kappa shape index (κ1) is 10.4. The molecule has 0 bridgehead atoms. The number of nitrogens with zero attached hydrogens (tertiary/aromatic N) is 2. The van der Waals surface area contributed by atoms with Crippen LogP contribution in [0.15, 0.2) is 17.2 Å². The molecule has 0 fully saturated rings. The van der Waals surface area contributed by atoms with Gasteiger partial charge in [0.05, 0.1) is 11.8 Å². The Hall–Kier alpha value is -0.680. The van der Waals surface area contributed by atoms with Crippen molar-refractivity contribution in [2.75, 3.05) is 12.4 Å². The largest absolute Gasteiger partial charge is 0.390 e. The third-order valence-corrected chi connectivity index (χ3v) is 2.44. The fraction of sp³-hybridized carbons (Fsp3) is 0.500. The van der Waals surface area contributed by atoms with Crippen molar-refractivity contribution in [3.05, 3.63) is 17.8 Å². The molecule has 72 valence electrons. The van der Waals surface area contributed by atoms with E-state index in [1.54, 1.807) is 6.07 Å². The Labute approximate surface area is 80.4 Å². The summed E-state index contributed by atoms with van der Waals surface area (Å²) in [5.74, 6) is 0.314. The summed E-state index contributed by atoms with van der Waals surface area (Å²) in [5, 5.41) is 17.3. The molecule has 13 heavy (non-hydrogen) atoms. The van der Waals surface area contributed by atoms with Gasteiger partial charge < -0.3 is 5.11 Å². The fourth-order valence-corrected chi connectivity index (χ4v) is 1.40. The highest BCUT2D eigenvalue weighted by Gasteiger charge is 2.04. The van der Waals surface area contributed by atoms with E-state index >= 15 is 0 Å². The van der Waals surface area contributed by atoms with E-state index in [9.17, 15) is 4.39 Å². The quantitative estimate of drug-likeness (QED) is 0.745. The Morgan fingerprint density at radius 3 is 2.85 bits per heavy atom. The zero-order valence-electron chi connectivity index (χ0n) is 7.27. The molecule has 1 aromatic heterocycles. The molecule has 0 aromatic carbocycles. The maximum absolute atomic E-state index is 11.9. The monoisotopic (exact) mass is 202 g/mol. The molecule has 1 heterocycles. The highest BCUT2D eigenvalue weighted by atomic mass is 32.2. The average molecular weight is 202 g/mol. The summed E-state index contributed by atoms with van der Waals surface area (Å²) in [4.78, 5) is 0. The van der Waals surface area contributed by atoms with Crippen molar-refractivity contribution in [3.8, 4) is 0 Å². The van der Waals surface area contributed by atoms with Gasteiger partial charge in [-0.05, 0) is 19.1 Å². The molecule has 0 amide bonds. The molecule has 0 saturated carbocycles. The van der Waals surface area contributed by atoms with E-state index in [-0.39, 0.29) is 0 Å². The number of aliphatic hydroxyl groups is 1. The van der Waals surface area contributed by atoms with Crippen LogP contribution < -0.4 is 0 Å². The summed E-state index contributed by atoms with van der Waals surface area (Å²) in [6.45, 7) is 1.13. The second-order valence-electron chi connectivity index (χ2n) is 2.63. The molecule has 0 spiro atoms. The molecule has 3 nitrogen and oxygen atoms in total. The Kier molecular flexibility index (Phi) is 4.11. The number of alkyl halides is 1. The molecule has 1 aromatic rings. The van der Waals surface area contributed by atoms with Gasteiger partial charge in [0.25, 0.3) is 0 Å². The van der Waals surface area contributed by atoms with Gasteiger partial charge >= 0.3 is 0 Å². The first-order valence-corrected chi connectivity index (χ1v) is 4.88. The normalized spacial score (nSPS) is 12.8. The number of thioether (sulfide) groups is 1. The lowest BCUT2D eigenvalue weighted by Gasteiger charge is -2.03. The Bertz CT molecular complexity index is 255. The van der Waals surface area contributed by atoms with Crippen LogP contribution in [0.3, 0.4) is 0 Å². The molecular weight excluding hydrogens is 191 g/mol. The van der Waals surface area contributed by atoms with Crippen LogP contribution in [0.5, 0.6) is 0 Å². The topological polar surface area (TPSA) is 46.0 Å². The van der Waals surface area contributed by atoms with Crippen LogP contribution >= 0.6 is 11.8 Å². The van der Waals surface area contributed by atoms with E-state index in [0.717, 1.165) is 5.69 Å². The van der Waals surface area contributed by atoms with Gasteiger partial charge in [-0.15, -0.1) is 16.9 Å². The van der Waals surface area contributed by atoms with Gasteiger partial charge in [0, 0.05) is 5.75 Å². The SMILES string of the molecule is Cc1ccc(SCC(O)CF)nn1. The number of hydrogen-bond acceptors (Lipinski definition) is 4. The van der Waals surface area contributed by atoms with Crippen LogP contribution in [0, 0.1) is 6.92 Å². The lowest BCUT2D eigenvalue weighted by Crippen LogP contribution is -2.11. The van der Waals surface area contributed by atoms with Crippen LogP contribution in [0.1, 0.15) is 5.69 Å². The standard InChI is InChI=1S/C8H11FN2OS/c1-6-2-3-8(11-10-6)13-5-7(12)4-9/h2-3,7,12H,4-5H2,1H3. The van der Waals surface area contributed by atoms with Crippen molar-refractivity contribution >= 4 is 11.8 Å². The maximum atomic E-state index is 11.9. The molecule has 1 rings (SSSR count). The predicted molar refractivity (Wildman–Crippen MR) is 49.5 cm³/mol. The molecule has 0 saturated heterocycles. The molecule has 0 aliphatic carbocycles. The summed E-state index contributed by atoms with van der Waals surface area (Å²) in [6, 6.07) is 3.63. The van der Waals surface area contributed by atoms with Gasteiger partial charge in [-0.3, -0.25) is 0 Å². The third-order valence-electron chi connectivity index (χ3n) is 1.38. The summed E-state index contributed by atoms with van der Waals surface area (Å²) < 4.78 is 11.9. The van der Waals surface area contributed by atoms with Crippen molar-refractivity contribution in [1.82, 2.24) is 10.2 Å². The van der Waals surface area contributed by atoms with E-state index in [1.807, 2.05) is 13.0 Å². The first-order chi connectivity index (χ1) is 6.22. The number of hydrogen-bond donors (Lipinski definition) is 1. The van der Waals surface area contributed by atoms with Gasteiger partial charge in [0.2, 0.25) is 0 Å². The van der Waals surface area contributed by atoms with E-state index in [4.69, 9.17) is 5.11 Å². The van der Waals surface area contributed by atoms with Crippen molar-refractivity contribution < 1.29 is 9.50 Å². The number of halogens is 1. The van der Waals surface area contributed by atoms with Gasteiger partial charge in [-0.2, -0.15) is 5.10 Å². The van der Waals surface area contributed by atoms with Gasteiger partial charge in [-0.25, -0.2) is 4.39 Å². The average Bonchev–Trinajstić information content (AvgIpc) is 2.16. The summed E-state index contributed by atoms with van der Waals surface area (Å²) in [7, 11) is 0. The Morgan fingerprint density at radius 1 is 1.54 bits per heavy atom. The second-order valence-corrected chi connectivity index (χ2v) is 3.67. The third kappa shape index (κ3) is 3.69. The molecule has 1 N–H and O–H groups in total. The van der Waals surface area contributed by atoms with Crippen molar-refractivity contribution in [1.29, 1.82) is 0 Å². The molecule has 1 atom stereocenters. The molecule has 0 aliphatic rings. The highest BCUT2D eigenvalue weighted by molar-refractivity contribution is 7.99. The Morgan fingerprint density at radius 2 is 2.31 bits per heavy atom. The smallest absolute Gasteiger partial charge is 0.119 e. The molecule has 0 radical (unpaired) electrons. The van der Waals surface area contributed by atoms with E-state index in [1.165, 1.54) is 11.8 Å². The molecule has 5 heteroatoms. The molecule has 0 aliphatic heterocycles. The zero-order chi connectivity index (χ0) is 9.68. The van der Waals surface area contributed by atoms with E-state index in [2.05, 4.69) is 10.2 Å². The zero-order valence-corrected chi connectivity index (χ0v) is 8.09. The van der Waals surface area contributed by atoms with Gasteiger partial charge in [0.1, 0.15) is 11.7 Å². The lowest BCUT2D eigenvalue weighted by molar-refractivity contribution is 0.162. The number of aliphatic hydroxyl groups excluding tert-OH is 1. The minimum Gasteiger partial charge on any atom is -0.390 e. The second kappa shape index (κ2) is 5.14. The number of aryl methyl sites for hydroxylation is 1. The van der Waals surface area contributed by atoms with Crippen LogP contribution in [0.2, 0.25) is 0 Å². The van der Waals surface area contributed by atoms with Crippen molar-refractivity contribution in [2.24, 2.45) is 0 Å². The van der Waals surface area contributed by atoms with Crippen LogP contribution in [0.4, 0.5) is 4.39 Å². The van der Waals surface area contributed by atoms with E-state index in [0.29, 0.717) is 10.8 Å². The van der Waals surface area contributed by atoms with Crippen molar-refractivity contribution in [2.45, 2.75) is 18.1 Å². The summed E-state index contributed by atoms with van der Waals surface area (Å²) >= 11 is 1.30.